The fraction of sp³-hybridized carbons (Fsp3) is 0.389. The number of rotatable bonds is 4. The number of hydrogen-bond donors (Lipinski definition) is 0. The third kappa shape index (κ3) is 3.69. The van der Waals surface area contributed by atoms with Crippen molar-refractivity contribution < 1.29 is 0 Å². The molecule has 1 unspecified atom stereocenters. The van der Waals surface area contributed by atoms with E-state index in [1.165, 1.54) is 0 Å². The Morgan fingerprint density at radius 1 is 1.20 bits per heavy atom. The van der Waals surface area contributed by atoms with Crippen LogP contribution in [0.25, 0.3) is 0 Å². The van der Waals surface area contributed by atoms with Crippen LogP contribution in [0.15, 0.2) is 35.1 Å². The van der Waals surface area contributed by atoms with E-state index >= 15 is 0 Å². The first kappa shape index (κ1) is 17.5. The Morgan fingerprint density at radius 3 is 2.68 bits per heavy atom. The van der Waals surface area contributed by atoms with Gasteiger partial charge in [0.25, 0.3) is 0 Å². The van der Waals surface area contributed by atoms with Gasteiger partial charge in [0.2, 0.25) is 0 Å². The molecule has 1 aliphatic rings. The van der Waals surface area contributed by atoms with E-state index in [9.17, 15) is 5.26 Å². The van der Waals surface area contributed by atoms with Gasteiger partial charge in [-0.25, -0.2) is 9.97 Å². The van der Waals surface area contributed by atoms with Crippen LogP contribution in [0.4, 0.5) is 17.3 Å². The largest absolute Gasteiger partial charge is 0.368 e. The van der Waals surface area contributed by atoms with Gasteiger partial charge in [-0.3, -0.25) is 0 Å². The predicted octanol–water partition coefficient (Wildman–Crippen LogP) is 2.89. The Morgan fingerprint density at radius 2 is 1.96 bits per heavy atom. The van der Waals surface area contributed by atoms with Gasteiger partial charge in [-0.15, -0.1) is 0 Å². The fourth-order valence-electron chi connectivity index (χ4n) is 3.11. The van der Waals surface area contributed by atoms with E-state index in [2.05, 4.69) is 48.8 Å². The molecule has 0 bridgehead atoms. The Labute approximate surface area is 156 Å². The number of hydrogen-bond acceptors (Lipinski definition) is 6. The van der Waals surface area contributed by atoms with Gasteiger partial charge in [-0.2, -0.15) is 5.26 Å². The number of nitrogens with zero attached hydrogens (tertiary/aromatic N) is 6. The summed E-state index contributed by atoms with van der Waals surface area (Å²) in [5.41, 5.74) is 1.70. The zero-order valence-electron chi connectivity index (χ0n) is 14.6. The van der Waals surface area contributed by atoms with Gasteiger partial charge in [0, 0.05) is 50.8 Å². The predicted molar refractivity (Wildman–Crippen MR) is 104 cm³/mol. The highest BCUT2D eigenvalue weighted by molar-refractivity contribution is 9.10. The van der Waals surface area contributed by atoms with E-state index in [0.717, 1.165) is 41.3 Å². The summed E-state index contributed by atoms with van der Waals surface area (Å²) < 4.78 is 0.929. The number of anilines is 3. The number of benzene rings is 1. The van der Waals surface area contributed by atoms with Gasteiger partial charge in [-0.1, -0.05) is 15.9 Å². The highest BCUT2D eigenvalue weighted by Gasteiger charge is 2.28. The third-order valence-electron chi connectivity index (χ3n) is 4.59. The first-order valence-corrected chi connectivity index (χ1v) is 8.95. The minimum atomic E-state index is 0.347. The summed E-state index contributed by atoms with van der Waals surface area (Å²) in [7, 11) is 6.02. The topological polar surface area (TPSA) is 59.3 Å². The zero-order chi connectivity index (χ0) is 18.0. The molecule has 0 amide bonds. The Balaban J connectivity index is 1.77. The average Bonchev–Trinajstić information content (AvgIpc) is 3.10. The summed E-state index contributed by atoms with van der Waals surface area (Å²) in [4.78, 5) is 15.2. The highest BCUT2D eigenvalue weighted by atomic mass is 79.9. The first-order chi connectivity index (χ1) is 12.0. The number of likely N-dealkylation sites (N-methyl/N-ethyl adjacent to an activating group) is 1. The average molecular weight is 401 g/mol. The Kier molecular flexibility index (Phi) is 5.09. The van der Waals surface area contributed by atoms with Gasteiger partial charge in [0.05, 0.1) is 11.3 Å². The van der Waals surface area contributed by atoms with Gasteiger partial charge < -0.3 is 14.7 Å². The quantitative estimate of drug-likeness (QED) is 0.786. The van der Waals surface area contributed by atoms with Crippen molar-refractivity contribution in [2.24, 2.45) is 0 Å². The van der Waals surface area contributed by atoms with E-state index in [-0.39, 0.29) is 0 Å². The molecule has 0 saturated carbocycles. The summed E-state index contributed by atoms with van der Waals surface area (Å²) in [6, 6.07) is 10.5. The van der Waals surface area contributed by atoms with E-state index in [4.69, 9.17) is 0 Å². The van der Waals surface area contributed by atoms with Crippen LogP contribution in [0.1, 0.15) is 12.0 Å². The molecule has 0 aliphatic carbocycles. The lowest BCUT2D eigenvalue weighted by atomic mass is 10.2. The molecule has 6 nitrogen and oxygen atoms in total. The maximum absolute atomic E-state index is 9.41. The smallest absolute Gasteiger partial charge is 0.134 e. The lowest BCUT2D eigenvalue weighted by Gasteiger charge is -2.27. The second-order valence-electron chi connectivity index (χ2n) is 6.40. The molecule has 1 aliphatic heterocycles. The molecular formula is C18H21BrN6. The van der Waals surface area contributed by atoms with Gasteiger partial charge in [0.1, 0.15) is 24.0 Å². The van der Waals surface area contributed by atoms with Gasteiger partial charge in [-0.05, 0) is 24.6 Å². The van der Waals surface area contributed by atoms with Crippen LogP contribution in [-0.4, -0.2) is 50.2 Å². The second-order valence-corrected chi connectivity index (χ2v) is 7.32. The van der Waals surface area contributed by atoms with Crippen LogP contribution in [-0.2, 0) is 0 Å². The summed E-state index contributed by atoms with van der Waals surface area (Å²) in [6.45, 7) is 1.80. The normalized spacial score (nSPS) is 16.6. The van der Waals surface area contributed by atoms with Crippen LogP contribution in [0.3, 0.4) is 0 Å². The molecular weight excluding hydrogens is 380 g/mol. The number of nitriles is 1. The van der Waals surface area contributed by atoms with Crippen LogP contribution in [0.2, 0.25) is 0 Å². The minimum absolute atomic E-state index is 0.347. The summed E-state index contributed by atoms with van der Waals surface area (Å²) in [5.74, 6) is 1.81. The molecule has 1 aromatic heterocycles. The molecule has 0 spiro atoms. The van der Waals surface area contributed by atoms with Crippen molar-refractivity contribution in [2.75, 3.05) is 48.9 Å². The molecule has 0 radical (unpaired) electrons. The van der Waals surface area contributed by atoms with Crippen molar-refractivity contribution >= 4 is 33.3 Å². The van der Waals surface area contributed by atoms with Crippen LogP contribution >= 0.6 is 15.9 Å². The number of halogens is 1. The highest BCUT2D eigenvalue weighted by Crippen LogP contribution is 2.29. The van der Waals surface area contributed by atoms with Crippen LogP contribution in [0, 0.1) is 11.3 Å². The zero-order valence-corrected chi connectivity index (χ0v) is 16.2. The molecule has 1 atom stereocenters. The summed E-state index contributed by atoms with van der Waals surface area (Å²) in [6.07, 6.45) is 2.63. The van der Waals surface area contributed by atoms with Crippen molar-refractivity contribution in [3.8, 4) is 6.07 Å². The maximum atomic E-state index is 9.41. The molecule has 3 rings (SSSR count). The van der Waals surface area contributed by atoms with Gasteiger partial charge >= 0.3 is 0 Å². The molecule has 1 fully saturated rings. The Bertz CT molecular complexity index is 800. The van der Waals surface area contributed by atoms with Crippen molar-refractivity contribution in [2.45, 2.75) is 12.5 Å². The molecule has 1 saturated heterocycles. The second kappa shape index (κ2) is 7.28. The molecule has 25 heavy (non-hydrogen) atoms. The number of aromatic nitrogens is 2. The van der Waals surface area contributed by atoms with Crippen LogP contribution < -0.4 is 14.7 Å². The molecule has 1 aromatic carbocycles. The Hall–Kier alpha value is -2.33. The van der Waals surface area contributed by atoms with E-state index in [1.54, 1.807) is 6.33 Å². The fourth-order valence-corrected chi connectivity index (χ4v) is 3.47. The first-order valence-electron chi connectivity index (χ1n) is 8.16. The molecule has 0 N–H and O–H groups in total. The molecule has 2 heterocycles. The van der Waals surface area contributed by atoms with E-state index in [1.807, 2.05) is 43.3 Å². The lowest BCUT2D eigenvalue weighted by molar-refractivity contribution is 0.683. The van der Waals surface area contributed by atoms with E-state index < -0.39 is 0 Å². The standard InChI is InChI=1S/C18H21BrN6/c1-23(2)17-9-18(22-12-21-17)24(3)15-6-7-25(11-15)16-5-4-14(19)8-13(16)10-20/h4-5,8-9,12,15H,6-7,11H2,1-3H3. The maximum Gasteiger partial charge on any atom is 0.134 e. The summed E-state index contributed by atoms with van der Waals surface area (Å²) >= 11 is 3.43. The third-order valence-corrected chi connectivity index (χ3v) is 5.08. The van der Waals surface area contributed by atoms with Crippen molar-refractivity contribution in [1.29, 1.82) is 5.26 Å². The van der Waals surface area contributed by atoms with Crippen LogP contribution in [0.5, 0.6) is 0 Å². The molecule has 2 aromatic rings. The minimum Gasteiger partial charge on any atom is -0.368 e. The van der Waals surface area contributed by atoms with Crippen molar-refractivity contribution in [3.05, 3.63) is 40.6 Å². The summed E-state index contributed by atoms with van der Waals surface area (Å²) in [5, 5.41) is 9.41. The van der Waals surface area contributed by atoms with E-state index in [0.29, 0.717) is 11.6 Å². The lowest BCUT2D eigenvalue weighted by Crippen LogP contribution is -2.35. The van der Waals surface area contributed by atoms with Crippen molar-refractivity contribution in [3.63, 3.8) is 0 Å². The van der Waals surface area contributed by atoms with Crippen molar-refractivity contribution in [1.82, 2.24) is 9.97 Å². The SMILES string of the molecule is CN(C)c1cc(N(C)C2CCN(c3ccc(Br)cc3C#N)C2)ncn1. The van der Waals surface area contributed by atoms with Gasteiger partial charge in [0.15, 0.2) is 0 Å². The monoisotopic (exact) mass is 400 g/mol. The molecule has 130 valence electrons. The molecule has 7 heteroatoms.